The van der Waals surface area contributed by atoms with E-state index in [-0.39, 0.29) is 5.91 Å². The average molecular weight is 468 g/mol. The molecular weight excluding hydrogens is 442 g/mol. The summed E-state index contributed by atoms with van der Waals surface area (Å²) >= 11 is 6.18. The Labute approximate surface area is 197 Å². The smallest absolute Gasteiger partial charge is 0.246 e. The number of nitrogens with zero attached hydrogens (tertiary/aromatic N) is 7. The van der Waals surface area contributed by atoms with Crippen LogP contribution in [0.4, 0.5) is 0 Å². The Balaban J connectivity index is 1.33. The Morgan fingerprint density at radius 2 is 1.97 bits per heavy atom. The first-order valence-corrected chi connectivity index (χ1v) is 11.1. The number of benzene rings is 1. The number of hydrogen-bond donors (Lipinski definition) is 0. The van der Waals surface area contributed by atoms with Gasteiger partial charge in [-0.15, -0.1) is 10.2 Å². The van der Waals surface area contributed by atoms with Crippen molar-refractivity contribution >= 4 is 23.6 Å². The molecule has 2 aromatic heterocycles. The van der Waals surface area contributed by atoms with Gasteiger partial charge in [0.15, 0.2) is 5.82 Å². The SMILES string of the molecule is COc1ccc(CN2CCN(C(=O)C=Cc3ccc(Cl)cc3Cn3nnc(C)n3)CC2)nc1. The quantitative estimate of drug-likeness (QED) is 0.493. The first-order chi connectivity index (χ1) is 16.0. The van der Waals surface area contributed by atoms with E-state index < -0.39 is 0 Å². The van der Waals surface area contributed by atoms with Crippen molar-refractivity contribution in [2.24, 2.45) is 0 Å². The number of aromatic nitrogens is 5. The molecule has 1 aliphatic heterocycles. The zero-order valence-corrected chi connectivity index (χ0v) is 19.4. The molecule has 3 heterocycles. The number of ether oxygens (including phenoxy) is 1. The Kier molecular flexibility index (Phi) is 7.31. The molecule has 1 saturated heterocycles. The number of carbonyl (C=O) groups excluding carboxylic acids is 1. The zero-order valence-electron chi connectivity index (χ0n) is 18.7. The number of carbonyl (C=O) groups is 1. The Morgan fingerprint density at radius 1 is 1.15 bits per heavy atom. The monoisotopic (exact) mass is 467 g/mol. The molecule has 0 atom stereocenters. The number of methoxy groups -OCH3 is 1. The summed E-state index contributed by atoms with van der Waals surface area (Å²) in [6.45, 7) is 5.92. The third kappa shape index (κ3) is 6.15. The molecule has 0 bridgehead atoms. The van der Waals surface area contributed by atoms with E-state index in [0.717, 1.165) is 42.2 Å². The fraction of sp³-hybridized carbons (Fsp3) is 0.348. The van der Waals surface area contributed by atoms with Gasteiger partial charge in [0.1, 0.15) is 5.75 Å². The maximum absolute atomic E-state index is 12.8. The number of piperazine rings is 1. The van der Waals surface area contributed by atoms with Gasteiger partial charge in [0.05, 0.1) is 25.5 Å². The lowest BCUT2D eigenvalue weighted by Crippen LogP contribution is -2.47. The van der Waals surface area contributed by atoms with Gasteiger partial charge in [0, 0.05) is 43.8 Å². The van der Waals surface area contributed by atoms with Crippen LogP contribution in [0.3, 0.4) is 0 Å². The molecule has 4 rings (SSSR count). The minimum Gasteiger partial charge on any atom is -0.495 e. The van der Waals surface area contributed by atoms with Crippen molar-refractivity contribution in [2.45, 2.75) is 20.0 Å². The summed E-state index contributed by atoms with van der Waals surface area (Å²) in [4.78, 5) is 22.9. The van der Waals surface area contributed by atoms with Gasteiger partial charge in [-0.2, -0.15) is 4.80 Å². The van der Waals surface area contributed by atoms with Gasteiger partial charge in [0.25, 0.3) is 0 Å². The highest BCUT2D eigenvalue weighted by atomic mass is 35.5. The van der Waals surface area contributed by atoms with Gasteiger partial charge >= 0.3 is 0 Å². The number of rotatable bonds is 7. The van der Waals surface area contributed by atoms with Gasteiger partial charge in [-0.1, -0.05) is 17.7 Å². The highest BCUT2D eigenvalue weighted by Crippen LogP contribution is 2.19. The molecule has 0 aliphatic carbocycles. The molecule has 172 valence electrons. The maximum Gasteiger partial charge on any atom is 0.246 e. The van der Waals surface area contributed by atoms with Gasteiger partial charge in [-0.25, -0.2) is 0 Å². The number of hydrogen-bond acceptors (Lipinski definition) is 7. The van der Waals surface area contributed by atoms with Crippen molar-refractivity contribution in [2.75, 3.05) is 33.3 Å². The van der Waals surface area contributed by atoms with E-state index in [2.05, 4.69) is 25.3 Å². The number of amides is 1. The van der Waals surface area contributed by atoms with E-state index in [1.807, 2.05) is 35.2 Å². The molecule has 1 fully saturated rings. The molecule has 0 spiro atoms. The predicted molar refractivity (Wildman–Crippen MR) is 125 cm³/mol. The fourth-order valence-corrected chi connectivity index (χ4v) is 3.86. The molecule has 0 saturated carbocycles. The zero-order chi connectivity index (χ0) is 23.2. The van der Waals surface area contributed by atoms with Crippen LogP contribution in [0.25, 0.3) is 6.08 Å². The van der Waals surface area contributed by atoms with Crippen LogP contribution in [0, 0.1) is 6.92 Å². The summed E-state index contributed by atoms with van der Waals surface area (Å²) in [5.41, 5.74) is 2.80. The first kappa shape index (κ1) is 22.9. The molecule has 0 unspecified atom stereocenters. The highest BCUT2D eigenvalue weighted by Gasteiger charge is 2.20. The summed E-state index contributed by atoms with van der Waals surface area (Å²) in [6, 6.07) is 9.44. The van der Waals surface area contributed by atoms with E-state index in [1.165, 1.54) is 4.80 Å². The second-order valence-electron chi connectivity index (χ2n) is 7.83. The molecule has 0 radical (unpaired) electrons. The highest BCUT2D eigenvalue weighted by molar-refractivity contribution is 6.30. The second-order valence-corrected chi connectivity index (χ2v) is 8.27. The molecule has 1 amide bonds. The van der Waals surface area contributed by atoms with Gasteiger partial charge < -0.3 is 9.64 Å². The molecular formula is C23H26ClN7O2. The van der Waals surface area contributed by atoms with Crippen LogP contribution in [0.5, 0.6) is 5.75 Å². The Morgan fingerprint density at radius 3 is 2.64 bits per heavy atom. The lowest BCUT2D eigenvalue weighted by molar-refractivity contribution is -0.127. The molecule has 3 aromatic rings. The van der Waals surface area contributed by atoms with Crippen LogP contribution in [0.2, 0.25) is 5.02 Å². The third-order valence-electron chi connectivity index (χ3n) is 5.48. The number of aryl methyl sites for hydroxylation is 1. The molecule has 10 heteroatoms. The fourth-order valence-electron chi connectivity index (χ4n) is 3.66. The lowest BCUT2D eigenvalue weighted by Gasteiger charge is -2.34. The van der Waals surface area contributed by atoms with Crippen molar-refractivity contribution in [3.05, 3.63) is 70.3 Å². The summed E-state index contributed by atoms with van der Waals surface area (Å²) < 4.78 is 5.15. The van der Waals surface area contributed by atoms with Crippen molar-refractivity contribution < 1.29 is 9.53 Å². The van der Waals surface area contributed by atoms with Crippen LogP contribution in [0.1, 0.15) is 22.6 Å². The van der Waals surface area contributed by atoms with Crippen LogP contribution in [-0.2, 0) is 17.9 Å². The molecule has 1 aliphatic rings. The minimum atomic E-state index is -0.00662. The Bertz CT molecular complexity index is 1120. The van der Waals surface area contributed by atoms with Crippen molar-refractivity contribution in [1.82, 2.24) is 35.0 Å². The molecule has 0 N–H and O–H groups in total. The number of tetrazole rings is 1. The van der Waals surface area contributed by atoms with Crippen LogP contribution < -0.4 is 4.74 Å². The molecule has 9 nitrogen and oxygen atoms in total. The standard InChI is InChI=1S/C23H26ClN7O2/c1-17-26-28-31(27-17)15-19-13-20(24)5-3-18(19)4-8-23(32)30-11-9-29(10-12-30)16-21-6-7-22(33-2)14-25-21/h3-8,13-14H,9-12,15-16H2,1-2H3. The predicted octanol–water partition coefficient (Wildman–Crippen LogP) is 2.44. The van der Waals surface area contributed by atoms with Gasteiger partial charge in [0.2, 0.25) is 5.91 Å². The van der Waals surface area contributed by atoms with E-state index in [0.29, 0.717) is 30.5 Å². The number of halogens is 1. The summed E-state index contributed by atoms with van der Waals surface area (Å²) in [7, 11) is 1.63. The van der Waals surface area contributed by atoms with Crippen molar-refractivity contribution in [3.63, 3.8) is 0 Å². The molecule has 33 heavy (non-hydrogen) atoms. The largest absolute Gasteiger partial charge is 0.495 e. The first-order valence-electron chi connectivity index (χ1n) is 10.7. The van der Waals surface area contributed by atoms with E-state index in [4.69, 9.17) is 16.3 Å². The molecule has 1 aromatic carbocycles. The van der Waals surface area contributed by atoms with Gasteiger partial charge in [-0.3, -0.25) is 14.7 Å². The summed E-state index contributed by atoms with van der Waals surface area (Å²) in [5.74, 6) is 1.34. The van der Waals surface area contributed by atoms with E-state index in [1.54, 1.807) is 32.4 Å². The normalized spacial score (nSPS) is 14.7. The topological polar surface area (TPSA) is 89.3 Å². The maximum atomic E-state index is 12.8. The Hall–Kier alpha value is -3.30. The summed E-state index contributed by atoms with van der Waals surface area (Å²) in [5, 5.41) is 12.8. The second kappa shape index (κ2) is 10.5. The average Bonchev–Trinajstić information content (AvgIpc) is 3.24. The van der Waals surface area contributed by atoms with Gasteiger partial charge in [-0.05, 0) is 53.6 Å². The summed E-state index contributed by atoms with van der Waals surface area (Å²) in [6.07, 6.45) is 5.17. The van der Waals surface area contributed by atoms with Crippen LogP contribution in [-0.4, -0.2) is 74.2 Å². The van der Waals surface area contributed by atoms with Crippen LogP contribution in [0.15, 0.2) is 42.6 Å². The minimum absolute atomic E-state index is 0.00662. The van der Waals surface area contributed by atoms with Crippen molar-refractivity contribution in [1.29, 1.82) is 0 Å². The van der Waals surface area contributed by atoms with E-state index >= 15 is 0 Å². The number of pyridine rings is 1. The van der Waals surface area contributed by atoms with E-state index in [9.17, 15) is 4.79 Å². The lowest BCUT2D eigenvalue weighted by atomic mass is 10.1. The van der Waals surface area contributed by atoms with Crippen LogP contribution >= 0.6 is 11.6 Å². The third-order valence-corrected chi connectivity index (χ3v) is 5.71. The van der Waals surface area contributed by atoms with Crippen molar-refractivity contribution in [3.8, 4) is 5.75 Å².